The largest absolute Gasteiger partial charge is 0.381 e. The monoisotopic (exact) mass is 373 g/mol. The number of ether oxygens (including phenoxy) is 1. The molecule has 146 valence electrons. The van der Waals surface area contributed by atoms with Gasteiger partial charge in [-0.3, -0.25) is 14.7 Å². The van der Waals surface area contributed by atoms with Crippen molar-refractivity contribution in [3.63, 3.8) is 0 Å². The molecule has 2 bridgehead atoms. The lowest BCUT2D eigenvalue weighted by molar-refractivity contribution is -0.154. The number of piperidine rings is 2. The van der Waals surface area contributed by atoms with Crippen molar-refractivity contribution in [2.24, 2.45) is 17.3 Å². The van der Waals surface area contributed by atoms with Crippen molar-refractivity contribution in [2.45, 2.75) is 44.6 Å². The molecule has 3 aliphatic heterocycles. The van der Waals surface area contributed by atoms with E-state index >= 15 is 0 Å². The van der Waals surface area contributed by atoms with Crippen LogP contribution in [0.2, 0.25) is 0 Å². The van der Waals surface area contributed by atoms with Crippen LogP contribution in [0.25, 0.3) is 0 Å². The summed E-state index contributed by atoms with van der Waals surface area (Å²) < 4.78 is 5.75. The molecule has 27 heavy (non-hydrogen) atoms. The number of nitrogens with one attached hydrogen (secondary N) is 1. The zero-order valence-electron chi connectivity index (χ0n) is 15.6. The predicted molar refractivity (Wildman–Crippen MR) is 95.7 cm³/mol. The molecule has 8 nitrogen and oxygen atoms in total. The van der Waals surface area contributed by atoms with Crippen LogP contribution in [-0.4, -0.2) is 75.7 Å². The number of hydrogen-bond donors (Lipinski definition) is 1. The van der Waals surface area contributed by atoms with Gasteiger partial charge in [-0.2, -0.15) is 5.10 Å². The predicted octanol–water partition coefficient (Wildman–Crippen LogP) is 1.07. The normalized spacial score (nSPS) is 32.2. The number of amides is 2. The molecule has 1 aromatic rings. The zero-order chi connectivity index (χ0) is 18.4. The molecule has 2 amide bonds. The molecule has 1 N–H and O–H groups in total. The summed E-state index contributed by atoms with van der Waals surface area (Å²) in [5.74, 6) is 1.14. The first-order valence-corrected chi connectivity index (χ1v) is 10.2. The maximum atomic E-state index is 13.4. The van der Waals surface area contributed by atoms with Crippen molar-refractivity contribution in [1.29, 1.82) is 0 Å². The summed E-state index contributed by atoms with van der Waals surface area (Å²) in [6.07, 6.45) is 7.61. The van der Waals surface area contributed by atoms with Crippen LogP contribution in [0.5, 0.6) is 0 Å². The first-order chi connectivity index (χ1) is 13.2. The molecule has 1 aliphatic carbocycles. The third-order valence-electron chi connectivity index (χ3n) is 7.42. The molecule has 4 fully saturated rings. The van der Waals surface area contributed by atoms with E-state index < -0.39 is 0 Å². The fraction of sp³-hybridized carbons (Fsp3) is 0.789. The Bertz CT molecular complexity index is 713. The molecule has 1 saturated carbocycles. The number of aromatic nitrogens is 3. The van der Waals surface area contributed by atoms with Gasteiger partial charge in [0.15, 0.2) is 0 Å². The molecule has 5 rings (SSSR count). The van der Waals surface area contributed by atoms with E-state index in [1.54, 1.807) is 0 Å². The van der Waals surface area contributed by atoms with Crippen molar-refractivity contribution in [3.8, 4) is 0 Å². The minimum atomic E-state index is -0.103. The first kappa shape index (κ1) is 17.2. The number of carbonyl (C=O) groups excluding carboxylic acids is 2. The Labute approximate surface area is 158 Å². The Morgan fingerprint density at radius 2 is 2.07 bits per heavy atom. The van der Waals surface area contributed by atoms with Gasteiger partial charge >= 0.3 is 0 Å². The highest BCUT2D eigenvalue weighted by molar-refractivity contribution is 5.90. The minimum absolute atomic E-state index is 0.0324. The molecule has 1 aromatic heterocycles. The fourth-order valence-electron chi connectivity index (χ4n) is 5.77. The van der Waals surface area contributed by atoms with Crippen molar-refractivity contribution >= 4 is 11.8 Å². The van der Waals surface area contributed by atoms with E-state index in [0.717, 1.165) is 32.2 Å². The van der Waals surface area contributed by atoms with Gasteiger partial charge in [0.2, 0.25) is 11.7 Å². The summed E-state index contributed by atoms with van der Waals surface area (Å²) in [4.78, 5) is 33.9. The van der Waals surface area contributed by atoms with Crippen LogP contribution < -0.4 is 0 Å². The van der Waals surface area contributed by atoms with Crippen LogP contribution in [0.3, 0.4) is 0 Å². The van der Waals surface area contributed by atoms with Crippen LogP contribution in [0.4, 0.5) is 0 Å². The topological polar surface area (TPSA) is 91.4 Å². The van der Waals surface area contributed by atoms with E-state index in [1.165, 1.54) is 19.2 Å². The van der Waals surface area contributed by atoms with Gasteiger partial charge in [-0.05, 0) is 49.9 Å². The molecule has 0 unspecified atom stereocenters. The van der Waals surface area contributed by atoms with E-state index in [4.69, 9.17) is 4.74 Å². The summed E-state index contributed by atoms with van der Waals surface area (Å²) in [6, 6.07) is 0.453. The number of carbonyl (C=O) groups is 2. The minimum Gasteiger partial charge on any atom is -0.381 e. The van der Waals surface area contributed by atoms with Crippen LogP contribution in [-0.2, 0) is 9.53 Å². The van der Waals surface area contributed by atoms with Crippen LogP contribution >= 0.6 is 0 Å². The average molecular weight is 373 g/mol. The summed E-state index contributed by atoms with van der Waals surface area (Å²) in [5, 5.41) is 6.42. The maximum absolute atomic E-state index is 13.4. The Hall–Kier alpha value is -1.96. The summed E-state index contributed by atoms with van der Waals surface area (Å²) >= 11 is 0. The molecule has 3 saturated heterocycles. The highest BCUT2D eigenvalue weighted by atomic mass is 16.5. The molecule has 8 heteroatoms. The SMILES string of the molecule is O=C(c1ncn[nH]1)N1CCC2(CCOC[C@H]2C(=O)N2C[C@@H]3CC[C@@H]2C3)CC1. The van der Waals surface area contributed by atoms with Gasteiger partial charge in [-0.1, -0.05) is 0 Å². The lowest BCUT2D eigenvalue weighted by atomic mass is 9.65. The van der Waals surface area contributed by atoms with E-state index in [2.05, 4.69) is 20.1 Å². The molecule has 3 atom stereocenters. The molecular formula is C19H27N5O3. The average Bonchev–Trinajstić information content (AvgIpc) is 3.46. The maximum Gasteiger partial charge on any atom is 0.291 e. The summed E-state index contributed by atoms with van der Waals surface area (Å²) in [5.41, 5.74) is -0.0324. The second-order valence-electron chi connectivity index (χ2n) is 8.69. The highest BCUT2D eigenvalue weighted by Gasteiger charge is 2.51. The number of nitrogens with zero attached hydrogens (tertiary/aromatic N) is 4. The molecule has 0 aromatic carbocycles. The molecule has 4 heterocycles. The van der Waals surface area contributed by atoms with Crippen LogP contribution in [0.15, 0.2) is 6.33 Å². The van der Waals surface area contributed by atoms with Crippen molar-refractivity contribution in [1.82, 2.24) is 25.0 Å². The van der Waals surface area contributed by atoms with Gasteiger partial charge in [0.1, 0.15) is 6.33 Å². The van der Waals surface area contributed by atoms with Crippen molar-refractivity contribution in [2.75, 3.05) is 32.8 Å². The molecule has 4 aliphatic rings. The van der Waals surface area contributed by atoms with Gasteiger partial charge in [0, 0.05) is 32.3 Å². The van der Waals surface area contributed by atoms with Gasteiger partial charge in [0.25, 0.3) is 5.91 Å². The molecule has 0 radical (unpaired) electrons. The van der Waals surface area contributed by atoms with Crippen LogP contribution in [0, 0.1) is 17.3 Å². The Balaban J connectivity index is 1.29. The van der Waals surface area contributed by atoms with Crippen molar-refractivity contribution in [3.05, 3.63) is 12.2 Å². The van der Waals surface area contributed by atoms with Crippen molar-refractivity contribution < 1.29 is 14.3 Å². The first-order valence-electron chi connectivity index (χ1n) is 10.2. The number of H-pyrrole nitrogens is 1. The third-order valence-corrected chi connectivity index (χ3v) is 7.42. The summed E-state index contributed by atoms with van der Waals surface area (Å²) in [6.45, 7) is 3.51. The number of hydrogen-bond acceptors (Lipinski definition) is 5. The van der Waals surface area contributed by atoms with E-state index in [0.29, 0.717) is 50.0 Å². The molecule has 1 spiro atoms. The summed E-state index contributed by atoms with van der Waals surface area (Å²) in [7, 11) is 0. The van der Waals surface area contributed by atoms with Gasteiger partial charge in [-0.25, -0.2) is 4.98 Å². The number of aromatic amines is 1. The second kappa shape index (κ2) is 6.58. The number of likely N-dealkylation sites (tertiary alicyclic amines) is 2. The van der Waals surface area contributed by atoms with E-state index in [-0.39, 0.29) is 17.2 Å². The Morgan fingerprint density at radius 3 is 2.74 bits per heavy atom. The number of fused-ring (bicyclic) bond motifs is 2. The van der Waals surface area contributed by atoms with Gasteiger partial charge in [-0.15, -0.1) is 0 Å². The van der Waals surface area contributed by atoms with Gasteiger partial charge < -0.3 is 14.5 Å². The Kier molecular flexibility index (Phi) is 4.18. The quantitative estimate of drug-likeness (QED) is 0.837. The van der Waals surface area contributed by atoms with E-state index in [9.17, 15) is 9.59 Å². The zero-order valence-corrected chi connectivity index (χ0v) is 15.6. The number of rotatable bonds is 2. The molecular weight excluding hydrogens is 346 g/mol. The smallest absolute Gasteiger partial charge is 0.291 e. The van der Waals surface area contributed by atoms with Crippen LogP contribution in [0.1, 0.15) is 49.1 Å². The standard InChI is InChI=1S/C19H27N5O3/c25-17(24-10-13-1-2-14(24)9-13)15-11-27-8-5-19(15)3-6-23(7-4-19)18(26)16-20-12-21-22-16/h12-15H,1-11H2,(H,20,21,22)/t13-,14-,15+/m1/s1. The lowest BCUT2D eigenvalue weighted by Gasteiger charge is -2.49. The second-order valence-corrected chi connectivity index (χ2v) is 8.69. The Morgan fingerprint density at radius 1 is 1.22 bits per heavy atom. The highest BCUT2D eigenvalue weighted by Crippen LogP contribution is 2.47. The van der Waals surface area contributed by atoms with Gasteiger partial charge in [0.05, 0.1) is 12.5 Å². The fourth-order valence-corrected chi connectivity index (χ4v) is 5.77. The third kappa shape index (κ3) is 2.85. The van der Waals surface area contributed by atoms with E-state index in [1.807, 2.05) is 4.90 Å². The lowest BCUT2D eigenvalue weighted by Crippen LogP contribution is -2.55.